The second-order valence-corrected chi connectivity index (χ2v) is 8.98. The highest BCUT2D eigenvalue weighted by molar-refractivity contribution is 7.99. The molecule has 1 amide bonds. The lowest BCUT2D eigenvalue weighted by Crippen LogP contribution is -2.15. The van der Waals surface area contributed by atoms with Crippen LogP contribution < -0.4 is 5.32 Å². The predicted octanol–water partition coefficient (Wildman–Crippen LogP) is 5.33. The molecule has 8 nitrogen and oxygen atoms in total. The third kappa shape index (κ3) is 4.82. The van der Waals surface area contributed by atoms with E-state index in [2.05, 4.69) is 41.7 Å². The van der Waals surface area contributed by atoms with Crippen LogP contribution in [-0.2, 0) is 11.3 Å². The summed E-state index contributed by atoms with van der Waals surface area (Å²) in [5, 5.41) is 25.1. The number of nitrogens with zero attached hydrogens (tertiary/aromatic N) is 4. The van der Waals surface area contributed by atoms with Crippen LogP contribution in [0.25, 0.3) is 11.4 Å². The zero-order valence-corrected chi connectivity index (χ0v) is 19.0. The second-order valence-electron chi connectivity index (χ2n) is 6.55. The van der Waals surface area contributed by atoms with Crippen molar-refractivity contribution in [2.24, 2.45) is 0 Å². The van der Waals surface area contributed by atoms with Crippen molar-refractivity contribution in [1.82, 2.24) is 14.8 Å². The number of hydrogen-bond acceptors (Lipinski definition) is 7. The van der Waals surface area contributed by atoms with E-state index in [1.807, 2.05) is 4.57 Å². The van der Waals surface area contributed by atoms with E-state index < -0.39 is 4.92 Å². The molecule has 0 saturated heterocycles. The molecule has 1 aromatic carbocycles. The summed E-state index contributed by atoms with van der Waals surface area (Å²) in [7, 11) is 0. The van der Waals surface area contributed by atoms with Gasteiger partial charge in [-0.3, -0.25) is 14.9 Å². The summed E-state index contributed by atoms with van der Waals surface area (Å²) in [5.74, 6) is 0.599. The fraction of sp³-hybridized carbons (Fsp3) is 0.316. The molecule has 0 aliphatic carbocycles. The third-order valence-electron chi connectivity index (χ3n) is 4.45. The van der Waals surface area contributed by atoms with Crippen LogP contribution in [0.1, 0.15) is 23.8 Å². The lowest BCUT2D eigenvalue weighted by Gasteiger charge is -2.09. The zero-order chi connectivity index (χ0) is 21.8. The Hall–Kier alpha value is -2.43. The minimum absolute atomic E-state index is 0.0199. The number of nitro benzene ring substituents is 1. The van der Waals surface area contributed by atoms with Gasteiger partial charge >= 0.3 is 0 Å². The van der Waals surface area contributed by atoms with Crippen LogP contribution in [0.4, 0.5) is 11.4 Å². The number of carbonyl (C=O) groups excluding carboxylic acids is 1. The summed E-state index contributed by atoms with van der Waals surface area (Å²) in [6, 6.07) is 4.15. The van der Waals surface area contributed by atoms with Gasteiger partial charge in [-0.15, -0.1) is 21.5 Å². The number of hydrogen-bond donors (Lipinski definition) is 1. The predicted molar refractivity (Wildman–Crippen MR) is 121 cm³/mol. The van der Waals surface area contributed by atoms with Crippen molar-refractivity contribution in [2.45, 2.75) is 38.9 Å². The van der Waals surface area contributed by atoms with Crippen molar-refractivity contribution in [1.29, 1.82) is 0 Å². The number of rotatable bonds is 8. The molecule has 0 unspecified atom stereocenters. The highest BCUT2D eigenvalue weighted by Gasteiger charge is 2.19. The molecule has 0 aliphatic rings. The summed E-state index contributed by atoms with van der Waals surface area (Å²) in [5.41, 5.74) is 2.30. The Morgan fingerprint density at radius 2 is 2.13 bits per heavy atom. The fourth-order valence-corrected chi connectivity index (χ4v) is 4.63. The number of nitro groups is 1. The van der Waals surface area contributed by atoms with E-state index >= 15 is 0 Å². The minimum atomic E-state index is -0.588. The third-order valence-corrected chi connectivity index (χ3v) is 6.75. The van der Waals surface area contributed by atoms with Crippen LogP contribution in [-0.4, -0.2) is 31.3 Å². The van der Waals surface area contributed by atoms with Crippen LogP contribution >= 0.6 is 34.7 Å². The van der Waals surface area contributed by atoms with Crippen LogP contribution in [0.2, 0.25) is 5.02 Å². The molecule has 158 valence electrons. The Balaban J connectivity index is 1.73. The van der Waals surface area contributed by atoms with E-state index in [4.69, 9.17) is 11.6 Å². The van der Waals surface area contributed by atoms with Crippen molar-refractivity contribution < 1.29 is 9.72 Å². The standard InChI is InChI=1S/C19H20ClN5O3S2/c1-4-7-24-18(14-9-29-12(3)11(14)2)22-23-19(24)30-10-17(26)21-13-5-6-15(20)16(8-13)25(27)28/h5-6,8-9H,4,7,10H2,1-3H3,(H,21,26). The maximum Gasteiger partial charge on any atom is 0.289 e. The molecular formula is C19H20ClN5O3S2. The summed E-state index contributed by atoms with van der Waals surface area (Å²) in [4.78, 5) is 24.0. The molecule has 0 saturated carbocycles. The Kier molecular flexibility index (Phi) is 7.11. The molecule has 0 bridgehead atoms. The van der Waals surface area contributed by atoms with E-state index in [-0.39, 0.29) is 22.4 Å². The quantitative estimate of drug-likeness (QED) is 0.274. The first-order valence-corrected chi connectivity index (χ1v) is 11.4. The van der Waals surface area contributed by atoms with E-state index in [0.717, 1.165) is 24.4 Å². The summed E-state index contributed by atoms with van der Waals surface area (Å²) < 4.78 is 2.03. The van der Waals surface area contributed by atoms with Crippen LogP contribution in [0.15, 0.2) is 28.7 Å². The van der Waals surface area contributed by atoms with Crippen molar-refractivity contribution in [3.05, 3.63) is 49.2 Å². The highest BCUT2D eigenvalue weighted by atomic mass is 35.5. The number of thioether (sulfide) groups is 1. The number of thiophene rings is 1. The Morgan fingerprint density at radius 1 is 1.37 bits per heavy atom. The van der Waals surface area contributed by atoms with Gasteiger partial charge in [-0.25, -0.2) is 0 Å². The maximum atomic E-state index is 12.4. The molecule has 0 atom stereocenters. The average Bonchev–Trinajstić information content (AvgIpc) is 3.25. The number of anilines is 1. The smallest absolute Gasteiger partial charge is 0.289 e. The van der Waals surface area contributed by atoms with Gasteiger partial charge in [-0.1, -0.05) is 30.3 Å². The minimum Gasteiger partial charge on any atom is -0.325 e. The second kappa shape index (κ2) is 9.59. The maximum absolute atomic E-state index is 12.4. The number of benzene rings is 1. The van der Waals surface area contributed by atoms with Gasteiger partial charge in [0.15, 0.2) is 11.0 Å². The van der Waals surface area contributed by atoms with Gasteiger partial charge in [0, 0.05) is 34.1 Å². The average molecular weight is 466 g/mol. The lowest BCUT2D eigenvalue weighted by atomic mass is 10.1. The number of amides is 1. The van der Waals surface area contributed by atoms with Crippen LogP contribution in [0, 0.1) is 24.0 Å². The molecule has 0 fully saturated rings. The first-order valence-electron chi connectivity index (χ1n) is 9.16. The number of aromatic nitrogens is 3. The summed E-state index contributed by atoms with van der Waals surface area (Å²) in [6.07, 6.45) is 0.904. The van der Waals surface area contributed by atoms with Crippen molar-refractivity contribution in [2.75, 3.05) is 11.1 Å². The molecule has 11 heteroatoms. The molecule has 30 heavy (non-hydrogen) atoms. The van der Waals surface area contributed by atoms with Gasteiger partial charge in [0.25, 0.3) is 5.69 Å². The molecule has 1 N–H and O–H groups in total. The molecule has 0 aliphatic heterocycles. The monoisotopic (exact) mass is 465 g/mol. The van der Waals surface area contributed by atoms with Gasteiger partial charge in [-0.2, -0.15) is 0 Å². The van der Waals surface area contributed by atoms with E-state index in [9.17, 15) is 14.9 Å². The van der Waals surface area contributed by atoms with Crippen molar-refractivity contribution in [3.63, 3.8) is 0 Å². The van der Waals surface area contributed by atoms with Crippen molar-refractivity contribution >= 4 is 52.0 Å². The largest absolute Gasteiger partial charge is 0.325 e. The van der Waals surface area contributed by atoms with Gasteiger partial charge < -0.3 is 9.88 Å². The Bertz CT molecular complexity index is 1100. The van der Waals surface area contributed by atoms with Gasteiger partial charge in [0.1, 0.15) is 5.02 Å². The van der Waals surface area contributed by atoms with Gasteiger partial charge in [-0.05, 0) is 38.0 Å². The molecular weight excluding hydrogens is 446 g/mol. The lowest BCUT2D eigenvalue weighted by molar-refractivity contribution is -0.384. The number of carbonyl (C=O) groups is 1. The van der Waals surface area contributed by atoms with Crippen LogP contribution in [0.3, 0.4) is 0 Å². The SMILES string of the molecule is CCCn1c(SCC(=O)Nc2ccc(Cl)c([N+](=O)[O-])c2)nnc1-c1csc(C)c1C. The number of aryl methyl sites for hydroxylation is 1. The van der Waals surface area contributed by atoms with E-state index in [1.165, 1.54) is 40.4 Å². The highest BCUT2D eigenvalue weighted by Crippen LogP contribution is 2.32. The fourth-order valence-electron chi connectivity index (χ4n) is 2.81. The Morgan fingerprint density at radius 3 is 2.77 bits per heavy atom. The summed E-state index contributed by atoms with van der Waals surface area (Å²) >= 11 is 8.76. The van der Waals surface area contributed by atoms with Gasteiger partial charge in [0.2, 0.25) is 5.91 Å². The van der Waals surface area contributed by atoms with Crippen molar-refractivity contribution in [3.8, 4) is 11.4 Å². The first-order chi connectivity index (χ1) is 14.3. The Labute approximate surface area is 186 Å². The molecule has 0 radical (unpaired) electrons. The normalized spacial score (nSPS) is 10.9. The van der Waals surface area contributed by atoms with E-state index in [1.54, 1.807) is 11.3 Å². The molecule has 0 spiro atoms. The number of halogens is 1. The number of nitrogens with one attached hydrogen (secondary N) is 1. The van der Waals surface area contributed by atoms with E-state index in [0.29, 0.717) is 10.8 Å². The molecule has 3 rings (SSSR count). The zero-order valence-electron chi connectivity index (χ0n) is 16.6. The van der Waals surface area contributed by atoms with Gasteiger partial charge in [0.05, 0.1) is 10.7 Å². The van der Waals surface area contributed by atoms with Crippen LogP contribution in [0.5, 0.6) is 0 Å². The summed E-state index contributed by atoms with van der Waals surface area (Å²) in [6.45, 7) is 6.96. The molecule has 2 aromatic heterocycles. The topological polar surface area (TPSA) is 103 Å². The molecule has 2 heterocycles. The molecule has 3 aromatic rings. The first kappa shape index (κ1) is 22.3.